The molecular weight excluding hydrogens is 738 g/mol. The van der Waals surface area contributed by atoms with Crippen molar-refractivity contribution < 1.29 is 19.1 Å². The van der Waals surface area contributed by atoms with Gasteiger partial charge >= 0.3 is 5.69 Å². The van der Waals surface area contributed by atoms with Crippen molar-refractivity contribution in [1.29, 1.82) is 0 Å². The summed E-state index contributed by atoms with van der Waals surface area (Å²) in [6.07, 6.45) is 5.63. The highest BCUT2D eigenvalue weighted by Crippen LogP contribution is 2.30. The fourth-order valence-electron chi connectivity index (χ4n) is 7.07. The lowest BCUT2D eigenvalue weighted by Crippen LogP contribution is -2.54. The molecule has 2 aliphatic heterocycles. The van der Waals surface area contributed by atoms with Crippen LogP contribution in [0.4, 0.5) is 0 Å². The molecule has 13 heteroatoms. The van der Waals surface area contributed by atoms with Gasteiger partial charge in [0.05, 0.1) is 43.3 Å². The van der Waals surface area contributed by atoms with Crippen molar-refractivity contribution in [3.63, 3.8) is 0 Å². The van der Waals surface area contributed by atoms with E-state index in [0.29, 0.717) is 48.3 Å². The first kappa shape index (κ1) is 34.9. The van der Waals surface area contributed by atoms with Gasteiger partial charge in [-0.15, -0.1) is 0 Å². The van der Waals surface area contributed by atoms with Gasteiger partial charge in [0.1, 0.15) is 11.4 Å². The standard InChI is InChI=1S/C40H40BrN7O5/c1-26-21-27(7-14-34(26)41)39(50)46-25-35-36(38(49)44-22-28-5-2-3-6-33(28)37-42-15-4-16-43-37)48(29-8-10-31(11-9-29)53-32-12-13-32)40(51)47(35)24-30(46)23-45-17-19-52-20-18-45/h2-11,14-16,21,30,32H,12-13,17-20,22-25H2,1H3,(H,44,49)/t30-/m1/s1. The first-order chi connectivity index (χ1) is 25.8. The summed E-state index contributed by atoms with van der Waals surface area (Å²) >= 11 is 3.56. The van der Waals surface area contributed by atoms with Crippen molar-refractivity contribution in [3.05, 3.63) is 128 Å². The molecule has 53 heavy (non-hydrogen) atoms. The molecule has 3 aliphatic rings. The van der Waals surface area contributed by atoms with Gasteiger partial charge in [-0.3, -0.25) is 23.6 Å². The number of benzene rings is 3. The van der Waals surface area contributed by atoms with Gasteiger partial charge in [-0.25, -0.2) is 14.8 Å². The summed E-state index contributed by atoms with van der Waals surface area (Å²) < 4.78 is 15.6. The minimum absolute atomic E-state index is 0.0747. The van der Waals surface area contributed by atoms with Gasteiger partial charge in [-0.1, -0.05) is 40.2 Å². The minimum atomic E-state index is -0.434. The molecule has 5 aromatic rings. The van der Waals surface area contributed by atoms with Gasteiger partial charge in [0, 0.05) is 60.7 Å². The van der Waals surface area contributed by atoms with E-state index < -0.39 is 5.91 Å². The van der Waals surface area contributed by atoms with Gasteiger partial charge in [-0.2, -0.15) is 0 Å². The second-order valence-corrected chi connectivity index (χ2v) is 14.6. The lowest BCUT2D eigenvalue weighted by Gasteiger charge is -2.40. The maximum Gasteiger partial charge on any atom is 0.333 e. The highest BCUT2D eigenvalue weighted by Gasteiger charge is 2.38. The number of carbonyl (C=O) groups is 2. The first-order valence-electron chi connectivity index (χ1n) is 18.0. The maximum absolute atomic E-state index is 14.5. The third-order valence-electron chi connectivity index (χ3n) is 10.0. The van der Waals surface area contributed by atoms with Crippen molar-refractivity contribution in [2.45, 2.75) is 51.5 Å². The molecule has 1 aliphatic carbocycles. The third kappa shape index (κ3) is 7.41. The van der Waals surface area contributed by atoms with Gasteiger partial charge in [0.2, 0.25) is 0 Å². The number of carbonyl (C=O) groups excluding carboxylic acids is 2. The number of rotatable bonds is 10. The molecule has 0 bridgehead atoms. The van der Waals surface area contributed by atoms with Crippen LogP contribution >= 0.6 is 15.9 Å². The van der Waals surface area contributed by atoms with E-state index in [-0.39, 0.29) is 49.1 Å². The predicted octanol–water partition coefficient (Wildman–Crippen LogP) is 4.99. The van der Waals surface area contributed by atoms with Crippen LogP contribution in [0.3, 0.4) is 0 Å². The third-order valence-corrected chi connectivity index (χ3v) is 10.9. The van der Waals surface area contributed by atoms with E-state index in [1.54, 1.807) is 23.0 Å². The largest absolute Gasteiger partial charge is 0.490 e. The number of aromatic nitrogens is 4. The number of amides is 2. The number of morpholine rings is 1. The van der Waals surface area contributed by atoms with Crippen molar-refractivity contribution in [3.8, 4) is 22.8 Å². The van der Waals surface area contributed by atoms with Crippen LogP contribution in [0.25, 0.3) is 17.1 Å². The van der Waals surface area contributed by atoms with Gasteiger partial charge in [0.25, 0.3) is 11.8 Å². The zero-order chi connectivity index (χ0) is 36.5. The van der Waals surface area contributed by atoms with Gasteiger partial charge < -0.3 is 19.7 Å². The summed E-state index contributed by atoms with van der Waals surface area (Å²) in [6, 6.07) is 21.9. The molecule has 1 N–H and O–H groups in total. The Labute approximate surface area is 315 Å². The molecule has 4 heterocycles. The molecule has 0 unspecified atom stereocenters. The number of fused-ring (bicyclic) bond motifs is 1. The topological polar surface area (TPSA) is 124 Å². The molecule has 2 amide bonds. The number of hydrogen-bond donors (Lipinski definition) is 1. The molecule has 0 spiro atoms. The van der Waals surface area contributed by atoms with Crippen molar-refractivity contribution in [1.82, 2.24) is 34.2 Å². The molecule has 2 fully saturated rings. The lowest BCUT2D eigenvalue weighted by molar-refractivity contribution is 0.0148. The van der Waals surface area contributed by atoms with E-state index in [2.05, 4.69) is 36.1 Å². The average Bonchev–Trinajstić information content (AvgIpc) is 3.97. The molecule has 12 nitrogen and oxygen atoms in total. The van der Waals surface area contributed by atoms with Crippen molar-refractivity contribution in [2.24, 2.45) is 0 Å². The Morgan fingerprint density at radius 1 is 0.981 bits per heavy atom. The van der Waals surface area contributed by atoms with E-state index >= 15 is 0 Å². The summed E-state index contributed by atoms with van der Waals surface area (Å²) in [6.45, 7) is 5.68. The zero-order valence-corrected chi connectivity index (χ0v) is 31.0. The van der Waals surface area contributed by atoms with E-state index in [0.717, 1.165) is 47.1 Å². The summed E-state index contributed by atoms with van der Waals surface area (Å²) in [5.41, 5.74) is 3.97. The van der Waals surface area contributed by atoms with Crippen molar-refractivity contribution >= 4 is 27.7 Å². The Hall–Kier alpha value is -5.11. The molecule has 8 rings (SSSR count). The van der Waals surface area contributed by atoms with Gasteiger partial charge in [-0.05, 0) is 79.4 Å². The van der Waals surface area contributed by atoms with Crippen LogP contribution in [0, 0.1) is 6.92 Å². The normalized spacial score (nSPS) is 17.3. The molecule has 272 valence electrons. The highest BCUT2D eigenvalue weighted by atomic mass is 79.9. The minimum Gasteiger partial charge on any atom is -0.490 e. The molecule has 1 saturated heterocycles. The van der Waals surface area contributed by atoms with Gasteiger partial charge in [0.15, 0.2) is 5.82 Å². The number of nitrogens with zero attached hydrogens (tertiary/aromatic N) is 6. The fraction of sp³-hybridized carbons (Fsp3) is 0.325. The summed E-state index contributed by atoms with van der Waals surface area (Å²) in [4.78, 5) is 56.4. The Balaban J connectivity index is 1.19. The Bertz CT molecular complexity index is 2190. The molecule has 1 atom stereocenters. The Morgan fingerprint density at radius 3 is 2.47 bits per heavy atom. The van der Waals surface area contributed by atoms with E-state index in [9.17, 15) is 14.4 Å². The predicted molar refractivity (Wildman–Crippen MR) is 202 cm³/mol. The Morgan fingerprint density at radius 2 is 1.74 bits per heavy atom. The van der Waals surface area contributed by atoms with Crippen LogP contribution in [-0.2, 0) is 24.4 Å². The van der Waals surface area contributed by atoms with Crippen LogP contribution in [-0.4, -0.2) is 85.7 Å². The molecule has 0 radical (unpaired) electrons. The maximum atomic E-state index is 14.5. The van der Waals surface area contributed by atoms with E-state index in [1.165, 1.54) is 4.57 Å². The number of imidazole rings is 1. The SMILES string of the molecule is Cc1cc(C(=O)N2Cc3c(C(=O)NCc4ccccc4-c4ncccn4)n(-c4ccc(OC5CC5)cc4)c(=O)n3C[C@H]2CN2CCOCC2)ccc1Br. The van der Waals surface area contributed by atoms with Crippen LogP contribution in [0.2, 0.25) is 0 Å². The van der Waals surface area contributed by atoms with Crippen molar-refractivity contribution in [2.75, 3.05) is 32.8 Å². The smallest absolute Gasteiger partial charge is 0.333 e. The van der Waals surface area contributed by atoms with Crippen LogP contribution in [0.5, 0.6) is 5.75 Å². The lowest BCUT2D eigenvalue weighted by atomic mass is 10.1. The fourth-order valence-corrected chi connectivity index (χ4v) is 7.32. The van der Waals surface area contributed by atoms with E-state index in [4.69, 9.17) is 9.47 Å². The molecule has 3 aromatic carbocycles. The summed E-state index contributed by atoms with van der Waals surface area (Å²) in [5.74, 6) is 0.672. The molecule has 1 saturated carbocycles. The van der Waals surface area contributed by atoms with Crippen LogP contribution < -0.4 is 15.7 Å². The summed E-state index contributed by atoms with van der Waals surface area (Å²) in [7, 11) is 0. The molecule has 2 aromatic heterocycles. The van der Waals surface area contributed by atoms with Crippen LogP contribution in [0.1, 0.15) is 50.5 Å². The van der Waals surface area contributed by atoms with Crippen LogP contribution in [0.15, 0.2) is 94.5 Å². The number of aryl methyl sites for hydroxylation is 1. The van der Waals surface area contributed by atoms with E-state index in [1.807, 2.05) is 78.6 Å². The summed E-state index contributed by atoms with van der Waals surface area (Å²) in [5, 5.41) is 3.09. The zero-order valence-electron chi connectivity index (χ0n) is 29.4. The average molecular weight is 779 g/mol. The first-order valence-corrected chi connectivity index (χ1v) is 18.8. The quantitative estimate of drug-likeness (QED) is 0.211. The number of ether oxygens (including phenoxy) is 2. The Kier molecular flexibility index (Phi) is 9.95. The highest BCUT2D eigenvalue weighted by molar-refractivity contribution is 9.10. The number of halogens is 1. The number of hydrogen-bond acceptors (Lipinski definition) is 8. The molecular formula is C40H40BrN7O5. The second kappa shape index (κ2) is 15.1. The second-order valence-electron chi connectivity index (χ2n) is 13.7. The monoisotopic (exact) mass is 777 g/mol. The number of nitrogens with one attached hydrogen (secondary N) is 1.